The van der Waals surface area contributed by atoms with E-state index in [9.17, 15) is 8.42 Å². The maximum Gasteiger partial charge on any atom is 0.161 e. The lowest BCUT2D eigenvalue weighted by Gasteiger charge is -2.18. The minimum atomic E-state index is -2.84. The number of hydrogen-bond acceptors (Lipinski definition) is 5. The van der Waals surface area contributed by atoms with Gasteiger partial charge in [-0.3, -0.25) is 0 Å². The Morgan fingerprint density at radius 2 is 1.90 bits per heavy atom. The van der Waals surface area contributed by atoms with E-state index < -0.39 is 9.84 Å². The van der Waals surface area contributed by atoms with Gasteiger partial charge in [0.1, 0.15) is 23.1 Å². The zero-order valence-electron chi connectivity index (χ0n) is 12.4. The molecule has 0 saturated heterocycles. The van der Waals surface area contributed by atoms with Crippen LogP contribution in [0.25, 0.3) is 0 Å². The SMILES string of the molecule is CCS(=O)(=O)CCCNCCc1ccc2c(c1)OCCO2. The summed E-state index contributed by atoms with van der Waals surface area (Å²) >= 11 is 0. The summed E-state index contributed by atoms with van der Waals surface area (Å²) in [5.74, 6) is 2.11. The van der Waals surface area contributed by atoms with E-state index in [1.165, 1.54) is 5.56 Å². The summed E-state index contributed by atoms with van der Waals surface area (Å²) in [5, 5.41) is 3.27. The lowest BCUT2D eigenvalue weighted by molar-refractivity contribution is 0.171. The van der Waals surface area contributed by atoms with Crippen molar-refractivity contribution in [3.63, 3.8) is 0 Å². The average molecular weight is 313 g/mol. The van der Waals surface area contributed by atoms with Crippen molar-refractivity contribution < 1.29 is 17.9 Å². The second kappa shape index (κ2) is 7.66. The fourth-order valence-electron chi connectivity index (χ4n) is 2.16. The Balaban J connectivity index is 1.67. The van der Waals surface area contributed by atoms with Gasteiger partial charge in [-0.1, -0.05) is 13.0 Å². The Hall–Kier alpha value is -1.27. The van der Waals surface area contributed by atoms with Crippen LogP contribution in [0.5, 0.6) is 11.5 Å². The molecule has 0 amide bonds. The molecular formula is C15H23NO4S. The van der Waals surface area contributed by atoms with Gasteiger partial charge in [0.15, 0.2) is 11.5 Å². The quantitative estimate of drug-likeness (QED) is 0.735. The molecule has 21 heavy (non-hydrogen) atoms. The first kappa shape index (κ1) is 16.1. The average Bonchev–Trinajstić information content (AvgIpc) is 2.50. The van der Waals surface area contributed by atoms with Crippen LogP contribution in [0.1, 0.15) is 18.9 Å². The molecule has 118 valence electrons. The number of rotatable bonds is 8. The van der Waals surface area contributed by atoms with Gasteiger partial charge in [0.05, 0.1) is 5.75 Å². The second-order valence-corrected chi connectivity index (χ2v) is 7.54. The Morgan fingerprint density at radius 1 is 1.14 bits per heavy atom. The molecule has 1 aromatic rings. The molecule has 1 N–H and O–H groups in total. The highest BCUT2D eigenvalue weighted by atomic mass is 32.2. The van der Waals surface area contributed by atoms with Gasteiger partial charge in [0.25, 0.3) is 0 Å². The van der Waals surface area contributed by atoms with E-state index in [0.29, 0.717) is 19.6 Å². The molecule has 5 nitrogen and oxygen atoms in total. The molecule has 0 unspecified atom stereocenters. The van der Waals surface area contributed by atoms with Crippen molar-refractivity contribution in [3.8, 4) is 11.5 Å². The summed E-state index contributed by atoms with van der Waals surface area (Å²) in [4.78, 5) is 0. The first-order valence-electron chi connectivity index (χ1n) is 7.40. The van der Waals surface area contributed by atoms with Crippen LogP contribution < -0.4 is 14.8 Å². The maximum absolute atomic E-state index is 11.3. The van der Waals surface area contributed by atoms with Crippen LogP contribution in [0.4, 0.5) is 0 Å². The molecule has 0 saturated carbocycles. The fourth-order valence-corrected chi connectivity index (χ4v) is 3.04. The van der Waals surface area contributed by atoms with Crippen molar-refractivity contribution in [1.82, 2.24) is 5.32 Å². The maximum atomic E-state index is 11.3. The topological polar surface area (TPSA) is 64.6 Å². The van der Waals surface area contributed by atoms with Crippen LogP contribution in [0.2, 0.25) is 0 Å². The smallest absolute Gasteiger partial charge is 0.161 e. The van der Waals surface area contributed by atoms with Gasteiger partial charge in [-0.15, -0.1) is 0 Å². The first-order valence-corrected chi connectivity index (χ1v) is 9.22. The van der Waals surface area contributed by atoms with Crippen molar-refractivity contribution in [2.45, 2.75) is 19.8 Å². The van der Waals surface area contributed by atoms with E-state index in [2.05, 4.69) is 5.32 Å². The summed E-state index contributed by atoms with van der Waals surface area (Å²) in [6, 6.07) is 5.99. The largest absolute Gasteiger partial charge is 0.486 e. The lowest BCUT2D eigenvalue weighted by atomic mass is 10.1. The molecule has 6 heteroatoms. The minimum absolute atomic E-state index is 0.226. The van der Waals surface area contributed by atoms with Crippen LogP contribution in [-0.4, -0.2) is 46.2 Å². The first-order chi connectivity index (χ1) is 10.1. The molecule has 1 aromatic carbocycles. The molecule has 1 aliphatic rings. The Bertz CT molecular complexity index is 557. The molecule has 0 radical (unpaired) electrons. The van der Waals surface area contributed by atoms with E-state index >= 15 is 0 Å². The zero-order chi connectivity index (χ0) is 15.1. The third kappa shape index (κ3) is 5.21. The number of hydrogen-bond donors (Lipinski definition) is 1. The molecule has 0 aliphatic carbocycles. The van der Waals surface area contributed by atoms with E-state index in [1.54, 1.807) is 6.92 Å². The van der Waals surface area contributed by atoms with Gasteiger partial charge >= 0.3 is 0 Å². The third-order valence-corrected chi connectivity index (χ3v) is 5.24. The Kier molecular flexibility index (Phi) is 5.87. The number of nitrogens with one attached hydrogen (secondary N) is 1. The van der Waals surface area contributed by atoms with Crippen LogP contribution in [0.15, 0.2) is 18.2 Å². The molecule has 1 aliphatic heterocycles. The van der Waals surface area contributed by atoms with E-state index in [-0.39, 0.29) is 11.5 Å². The molecule has 0 aromatic heterocycles. The predicted molar refractivity (Wildman–Crippen MR) is 83.0 cm³/mol. The van der Waals surface area contributed by atoms with Gasteiger partial charge < -0.3 is 14.8 Å². The van der Waals surface area contributed by atoms with Crippen LogP contribution in [0, 0.1) is 0 Å². The molecule has 1 heterocycles. The Labute approximate surface area is 126 Å². The lowest BCUT2D eigenvalue weighted by Crippen LogP contribution is -2.21. The molecule has 0 spiro atoms. The van der Waals surface area contributed by atoms with Crippen molar-refractivity contribution in [1.29, 1.82) is 0 Å². The van der Waals surface area contributed by atoms with Gasteiger partial charge in [-0.25, -0.2) is 8.42 Å². The highest BCUT2D eigenvalue weighted by Gasteiger charge is 2.11. The molecule has 0 atom stereocenters. The van der Waals surface area contributed by atoms with Crippen LogP contribution >= 0.6 is 0 Å². The fraction of sp³-hybridized carbons (Fsp3) is 0.600. The van der Waals surface area contributed by atoms with Gasteiger partial charge in [-0.05, 0) is 43.6 Å². The summed E-state index contributed by atoms with van der Waals surface area (Å²) in [7, 11) is -2.84. The monoisotopic (exact) mass is 313 g/mol. The van der Waals surface area contributed by atoms with Crippen molar-refractivity contribution >= 4 is 9.84 Å². The van der Waals surface area contributed by atoms with Gasteiger partial charge in [-0.2, -0.15) is 0 Å². The van der Waals surface area contributed by atoms with Crippen molar-refractivity contribution in [2.24, 2.45) is 0 Å². The molecule has 0 bridgehead atoms. The standard InChI is InChI=1S/C15H23NO4S/c1-2-21(17,18)11-3-7-16-8-6-13-4-5-14-15(12-13)20-10-9-19-14/h4-5,12,16H,2-3,6-11H2,1H3. The van der Waals surface area contributed by atoms with E-state index in [4.69, 9.17) is 9.47 Å². The number of fused-ring (bicyclic) bond motifs is 1. The van der Waals surface area contributed by atoms with Crippen molar-refractivity contribution in [3.05, 3.63) is 23.8 Å². The Morgan fingerprint density at radius 3 is 2.67 bits per heavy atom. The highest BCUT2D eigenvalue weighted by Crippen LogP contribution is 2.30. The second-order valence-electron chi connectivity index (χ2n) is 5.07. The molecular weight excluding hydrogens is 290 g/mol. The van der Waals surface area contributed by atoms with Crippen LogP contribution in [0.3, 0.4) is 0 Å². The van der Waals surface area contributed by atoms with E-state index in [0.717, 1.165) is 31.0 Å². The number of sulfone groups is 1. The van der Waals surface area contributed by atoms with Crippen LogP contribution in [-0.2, 0) is 16.3 Å². The minimum Gasteiger partial charge on any atom is -0.486 e. The zero-order valence-corrected chi connectivity index (χ0v) is 13.2. The number of ether oxygens (including phenoxy) is 2. The summed E-state index contributed by atoms with van der Waals surface area (Å²) < 4.78 is 33.7. The predicted octanol–water partition coefficient (Wildman–Crippen LogP) is 1.41. The molecule has 0 fully saturated rings. The summed E-state index contributed by atoms with van der Waals surface area (Å²) in [6.45, 7) is 4.44. The third-order valence-electron chi connectivity index (χ3n) is 3.45. The summed E-state index contributed by atoms with van der Waals surface area (Å²) in [5.41, 5.74) is 1.19. The highest BCUT2D eigenvalue weighted by molar-refractivity contribution is 7.91. The number of benzene rings is 1. The van der Waals surface area contributed by atoms with E-state index in [1.807, 2.05) is 18.2 Å². The van der Waals surface area contributed by atoms with Gasteiger partial charge in [0, 0.05) is 5.75 Å². The summed E-state index contributed by atoms with van der Waals surface area (Å²) in [6.07, 6.45) is 1.55. The molecule has 2 rings (SSSR count). The normalized spacial score (nSPS) is 14.1. The van der Waals surface area contributed by atoms with Gasteiger partial charge in [0.2, 0.25) is 0 Å². The van der Waals surface area contributed by atoms with Crippen molar-refractivity contribution in [2.75, 3.05) is 37.8 Å².